The van der Waals surface area contributed by atoms with Gasteiger partial charge in [0.2, 0.25) is 5.91 Å². The summed E-state index contributed by atoms with van der Waals surface area (Å²) in [5.74, 6) is 0.685. The van der Waals surface area contributed by atoms with Gasteiger partial charge >= 0.3 is 0 Å². The van der Waals surface area contributed by atoms with Crippen LogP contribution in [-0.2, 0) is 17.6 Å². The Kier molecular flexibility index (Phi) is 4.57. The topological polar surface area (TPSA) is 73.0 Å². The number of aromatic nitrogens is 3. The first-order valence-electron chi connectivity index (χ1n) is 9.67. The molecule has 3 aromatic rings. The van der Waals surface area contributed by atoms with Gasteiger partial charge in [0.15, 0.2) is 0 Å². The molecule has 1 aromatic carbocycles. The number of amides is 1. The van der Waals surface area contributed by atoms with Gasteiger partial charge in [-0.3, -0.25) is 4.79 Å². The largest absolute Gasteiger partial charge is 0.361 e. The lowest BCUT2D eigenvalue weighted by Crippen LogP contribution is -2.37. The molecule has 6 nitrogen and oxygen atoms in total. The molecule has 2 aromatic heterocycles. The van der Waals surface area contributed by atoms with E-state index in [1.165, 1.54) is 5.69 Å². The highest BCUT2D eigenvalue weighted by atomic mass is 16.5. The molecule has 0 fully saturated rings. The van der Waals surface area contributed by atoms with Crippen LogP contribution in [0.1, 0.15) is 54.6 Å². The van der Waals surface area contributed by atoms with E-state index in [0.29, 0.717) is 5.76 Å². The molecular formula is C22H26N4O2. The van der Waals surface area contributed by atoms with E-state index in [-0.39, 0.29) is 23.8 Å². The van der Waals surface area contributed by atoms with Crippen molar-refractivity contribution in [3.05, 3.63) is 64.8 Å². The first kappa shape index (κ1) is 18.5. The minimum Gasteiger partial charge on any atom is -0.361 e. The lowest BCUT2D eigenvalue weighted by atomic mass is 9.74. The average molecular weight is 378 g/mol. The van der Waals surface area contributed by atoms with Crippen LogP contribution in [0.2, 0.25) is 0 Å². The average Bonchev–Trinajstić information content (AvgIpc) is 3.20. The van der Waals surface area contributed by atoms with Crippen LogP contribution < -0.4 is 5.32 Å². The Balaban J connectivity index is 1.61. The summed E-state index contributed by atoms with van der Waals surface area (Å²) in [4.78, 5) is 12.8. The number of aryl methyl sites for hydroxylation is 2. The van der Waals surface area contributed by atoms with Crippen molar-refractivity contribution >= 4 is 5.91 Å². The van der Waals surface area contributed by atoms with Crippen LogP contribution in [0.3, 0.4) is 0 Å². The second-order valence-corrected chi connectivity index (χ2v) is 8.44. The van der Waals surface area contributed by atoms with E-state index in [1.807, 2.05) is 42.9 Å². The molecule has 1 N–H and O–H groups in total. The van der Waals surface area contributed by atoms with Gasteiger partial charge in [-0.15, -0.1) is 0 Å². The summed E-state index contributed by atoms with van der Waals surface area (Å²) in [7, 11) is 0. The number of carbonyl (C=O) groups excluding carboxylic acids is 1. The third kappa shape index (κ3) is 3.46. The molecule has 1 aliphatic carbocycles. The normalized spacial score (nSPS) is 17.9. The van der Waals surface area contributed by atoms with Gasteiger partial charge < -0.3 is 9.84 Å². The van der Waals surface area contributed by atoms with E-state index < -0.39 is 0 Å². The molecule has 146 valence electrons. The lowest BCUT2D eigenvalue weighted by Gasteiger charge is -2.36. The molecule has 0 radical (unpaired) electrons. The van der Waals surface area contributed by atoms with E-state index in [4.69, 9.17) is 4.52 Å². The van der Waals surface area contributed by atoms with Gasteiger partial charge in [0.1, 0.15) is 5.76 Å². The van der Waals surface area contributed by atoms with E-state index >= 15 is 0 Å². The highest BCUT2D eigenvalue weighted by Crippen LogP contribution is 2.41. The number of rotatable bonds is 4. The number of para-hydroxylation sites is 1. The number of hydrogen-bond acceptors (Lipinski definition) is 4. The molecular weight excluding hydrogens is 352 g/mol. The molecule has 0 unspecified atom stereocenters. The van der Waals surface area contributed by atoms with Crippen molar-refractivity contribution in [2.75, 3.05) is 0 Å². The minimum absolute atomic E-state index is 0.0180. The molecule has 28 heavy (non-hydrogen) atoms. The highest BCUT2D eigenvalue weighted by Gasteiger charge is 2.36. The number of fused-ring (bicyclic) bond motifs is 1. The zero-order valence-corrected chi connectivity index (χ0v) is 16.8. The zero-order chi connectivity index (χ0) is 19.9. The van der Waals surface area contributed by atoms with Crippen molar-refractivity contribution in [3.63, 3.8) is 0 Å². The van der Waals surface area contributed by atoms with E-state index in [2.05, 4.69) is 41.6 Å². The van der Waals surface area contributed by atoms with Gasteiger partial charge in [-0.05, 0) is 44.2 Å². The molecule has 0 spiro atoms. The van der Waals surface area contributed by atoms with Crippen molar-refractivity contribution in [3.8, 4) is 5.69 Å². The Bertz CT molecular complexity index is 981. The summed E-state index contributed by atoms with van der Waals surface area (Å²) >= 11 is 0. The maximum atomic E-state index is 12.8. The molecule has 6 heteroatoms. The second-order valence-electron chi connectivity index (χ2n) is 8.44. The Hall–Kier alpha value is -2.89. The van der Waals surface area contributed by atoms with Crippen molar-refractivity contribution in [2.45, 2.75) is 53.0 Å². The Morgan fingerprint density at radius 1 is 1.29 bits per heavy atom. The van der Waals surface area contributed by atoms with Gasteiger partial charge in [-0.2, -0.15) is 5.10 Å². The smallest absolute Gasteiger partial charge is 0.225 e. The molecule has 0 saturated heterocycles. The minimum atomic E-state index is -0.0517. The molecule has 1 atom stereocenters. The first-order chi connectivity index (χ1) is 13.3. The Morgan fingerprint density at radius 2 is 2.04 bits per heavy atom. The Morgan fingerprint density at radius 3 is 2.71 bits per heavy atom. The number of benzene rings is 1. The third-order valence-corrected chi connectivity index (χ3v) is 5.53. The fourth-order valence-corrected chi connectivity index (χ4v) is 4.12. The Labute approximate surface area is 164 Å². The SMILES string of the molecule is Cc1noc(C)c1CC(=O)N[C@@H]1CC(C)(C)Cc2c1cnn2-c1ccccc1. The standard InChI is InChI=1S/C22H26N4O2/c1-14-17(15(2)28-25-14)10-21(27)24-19-11-22(3,4)12-20-18(19)13-23-26(20)16-8-6-5-7-9-16/h5-9,13,19H,10-12H2,1-4H3,(H,24,27)/t19-/m1/s1. The highest BCUT2D eigenvalue weighted by molar-refractivity contribution is 5.79. The summed E-state index contributed by atoms with van der Waals surface area (Å²) in [6.07, 6.45) is 3.99. The third-order valence-electron chi connectivity index (χ3n) is 5.53. The summed E-state index contributed by atoms with van der Waals surface area (Å²) < 4.78 is 7.19. The van der Waals surface area contributed by atoms with Crippen LogP contribution in [0.4, 0.5) is 0 Å². The van der Waals surface area contributed by atoms with Crippen LogP contribution in [0.5, 0.6) is 0 Å². The van der Waals surface area contributed by atoms with Crippen LogP contribution in [0.25, 0.3) is 5.69 Å². The summed E-state index contributed by atoms with van der Waals surface area (Å²) in [5.41, 5.74) is 5.03. The molecule has 2 heterocycles. The zero-order valence-electron chi connectivity index (χ0n) is 16.8. The van der Waals surface area contributed by atoms with Crippen molar-refractivity contribution < 1.29 is 9.32 Å². The molecule has 4 rings (SSSR count). The van der Waals surface area contributed by atoms with Gasteiger partial charge in [-0.25, -0.2) is 4.68 Å². The van der Waals surface area contributed by atoms with Gasteiger partial charge in [-0.1, -0.05) is 37.2 Å². The lowest BCUT2D eigenvalue weighted by molar-refractivity contribution is -0.121. The van der Waals surface area contributed by atoms with Crippen LogP contribution >= 0.6 is 0 Å². The van der Waals surface area contributed by atoms with Crippen LogP contribution in [-0.4, -0.2) is 20.8 Å². The predicted molar refractivity (Wildman–Crippen MR) is 106 cm³/mol. The van der Waals surface area contributed by atoms with Crippen molar-refractivity contribution in [1.82, 2.24) is 20.3 Å². The maximum Gasteiger partial charge on any atom is 0.225 e. The monoisotopic (exact) mass is 378 g/mol. The number of nitrogens with one attached hydrogen (secondary N) is 1. The molecule has 1 aliphatic rings. The van der Waals surface area contributed by atoms with E-state index in [0.717, 1.165) is 35.3 Å². The van der Waals surface area contributed by atoms with E-state index in [9.17, 15) is 4.79 Å². The van der Waals surface area contributed by atoms with Gasteiger partial charge in [0.25, 0.3) is 0 Å². The van der Waals surface area contributed by atoms with Crippen molar-refractivity contribution in [1.29, 1.82) is 0 Å². The number of nitrogens with zero attached hydrogens (tertiary/aromatic N) is 3. The number of hydrogen-bond donors (Lipinski definition) is 1. The molecule has 0 saturated carbocycles. The summed E-state index contributed by atoms with van der Waals surface area (Å²) in [6, 6.07) is 10.1. The molecule has 1 amide bonds. The maximum absolute atomic E-state index is 12.8. The molecule has 0 bridgehead atoms. The fraction of sp³-hybridized carbons (Fsp3) is 0.409. The van der Waals surface area contributed by atoms with Crippen LogP contribution in [0.15, 0.2) is 41.1 Å². The summed E-state index contributed by atoms with van der Waals surface area (Å²) in [5, 5.41) is 11.8. The predicted octanol–water partition coefficient (Wildman–Crippen LogP) is 3.85. The quantitative estimate of drug-likeness (QED) is 0.748. The van der Waals surface area contributed by atoms with Gasteiger partial charge in [0.05, 0.1) is 35.7 Å². The summed E-state index contributed by atoms with van der Waals surface area (Å²) in [6.45, 7) is 8.19. The fourth-order valence-electron chi connectivity index (χ4n) is 4.12. The van der Waals surface area contributed by atoms with Gasteiger partial charge in [0, 0.05) is 11.1 Å². The number of carbonyl (C=O) groups is 1. The van der Waals surface area contributed by atoms with Crippen molar-refractivity contribution in [2.24, 2.45) is 5.41 Å². The van der Waals surface area contributed by atoms with Crippen LogP contribution in [0, 0.1) is 19.3 Å². The second kappa shape index (κ2) is 6.93. The van der Waals surface area contributed by atoms with E-state index in [1.54, 1.807) is 0 Å². The first-order valence-corrected chi connectivity index (χ1v) is 9.67. The molecule has 0 aliphatic heterocycles.